The van der Waals surface area contributed by atoms with Gasteiger partial charge in [0.2, 0.25) is 5.91 Å². The van der Waals surface area contributed by atoms with Crippen molar-refractivity contribution in [2.24, 2.45) is 5.73 Å². The molecule has 17 heavy (non-hydrogen) atoms. The number of nitrogens with two attached hydrogens (primary N) is 1. The Hall–Kier alpha value is -1.73. The van der Waals surface area contributed by atoms with Crippen LogP contribution < -0.4 is 11.1 Å². The number of amides is 1. The number of esters is 1. The summed E-state index contributed by atoms with van der Waals surface area (Å²) in [4.78, 5) is 27.0. The van der Waals surface area contributed by atoms with Gasteiger partial charge in [-0.15, -0.1) is 0 Å². The number of nitrogens with one attached hydrogen (secondary N) is 1. The number of aromatic nitrogens is 1. The van der Waals surface area contributed by atoms with E-state index in [0.717, 1.165) is 11.3 Å². The lowest BCUT2D eigenvalue weighted by atomic mass is 10.4. The number of nitrogens with zero attached hydrogens (tertiary/aromatic N) is 1. The molecule has 0 radical (unpaired) electrons. The lowest BCUT2D eigenvalue weighted by Crippen LogP contribution is -2.21. The second kappa shape index (κ2) is 6.12. The number of carbonyl (C=O) groups excluding carboxylic acids is 2. The predicted molar refractivity (Wildman–Crippen MR) is 65.0 cm³/mol. The molecule has 3 N–H and O–H groups in total. The molecule has 1 rings (SSSR count). The van der Waals surface area contributed by atoms with Crippen molar-refractivity contribution in [1.29, 1.82) is 0 Å². The average molecular weight is 255 g/mol. The summed E-state index contributed by atoms with van der Waals surface area (Å²) in [5.74, 6) is -0.835. The van der Waals surface area contributed by atoms with E-state index in [0.29, 0.717) is 15.7 Å². The first kappa shape index (κ1) is 13.3. The largest absolute Gasteiger partial charge is 0.457 e. The summed E-state index contributed by atoms with van der Waals surface area (Å²) >= 11 is 1.05. The predicted octanol–water partition coefficient (Wildman–Crippen LogP) is 0.692. The molecular weight excluding hydrogens is 242 g/mol. The summed E-state index contributed by atoms with van der Waals surface area (Å²) in [5, 5.41) is 2.82. The smallest absolute Gasteiger partial charge is 0.350 e. The van der Waals surface area contributed by atoms with Crippen molar-refractivity contribution in [1.82, 2.24) is 4.98 Å². The van der Waals surface area contributed by atoms with E-state index in [1.54, 1.807) is 6.92 Å². The van der Waals surface area contributed by atoms with Gasteiger partial charge in [0.1, 0.15) is 11.5 Å². The molecule has 0 aliphatic carbocycles. The molecule has 1 aromatic heterocycles. The van der Waals surface area contributed by atoms with Gasteiger partial charge in [-0.05, 0) is 6.92 Å². The third-order valence-electron chi connectivity index (χ3n) is 1.75. The van der Waals surface area contributed by atoms with Gasteiger partial charge in [0.25, 0.3) is 0 Å². The Kier molecular flexibility index (Phi) is 4.80. The summed E-state index contributed by atoms with van der Waals surface area (Å²) in [7, 11) is 0. The SMILES string of the molecule is C=CCOC(=O)c1sc(NC(=O)CN)nc1C. The first-order valence-corrected chi connectivity index (χ1v) is 5.65. The van der Waals surface area contributed by atoms with Crippen LogP contribution in [0.15, 0.2) is 12.7 Å². The van der Waals surface area contributed by atoms with Crippen LogP contribution in [0.5, 0.6) is 0 Å². The lowest BCUT2D eigenvalue weighted by Gasteiger charge is -1.98. The third-order valence-corrected chi connectivity index (χ3v) is 2.80. The summed E-state index contributed by atoms with van der Waals surface area (Å²) < 4.78 is 4.88. The highest BCUT2D eigenvalue weighted by Crippen LogP contribution is 2.23. The molecule has 0 saturated heterocycles. The van der Waals surface area contributed by atoms with Gasteiger partial charge >= 0.3 is 5.97 Å². The summed E-state index contributed by atoms with van der Waals surface area (Å²) in [5.41, 5.74) is 5.66. The van der Waals surface area contributed by atoms with Crippen LogP contribution in [-0.2, 0) is 9.53 Å². The van der Waals surface area contributed by atoms with Crippen LogP contribution in [0.2, 0.25) is 0 Å². The molecule has 7 heteroatoms. The van der Waals surface area contributed by atoms with Crippen molar-refractivity contribution in [3.8, 4) is 0 Å². The quantitative estimate of drug-likeness (QED) is 0.596. The Morgan fingerprint density at radius 2 is 2.35 bits per heavy atom. The van der Waals surface area contributed by atoms with E-state index in [4.69, 9.17) is 10.5 Å². The van der Waals surface area contributed by atoms with Crippen LogP contribution in [0.1, 0.15) is 15.4 Å². The zero-order valence-corrected chi connectivity index (χ0v) is 10.2. The fraction of sp³-hybridized carbons (Fsp3) is 0.300. The molecule has 0 fully saturated rings. The Balaban J connectivity index is 2.77. The number of carbonyl (C=O) groups is 2. The number of rotatable bonds is 5. The Morgan fingerprint density at radius 1 is 1.65 bits per heavy atom. The van der Waals surface area contributed by atoms with E-state index in [2.05, 4.69) is 16.9 Å². The highest BCUT2D eigenvalue weighted by atomic mass is 32.1. The molecule has 6 nitrogen and oxygen atoms in total. The molecule has 1 aromatic rings. The third kappa shape index (κ3) is 3.65. The topological polar surface area (TPSA) is 94.3 Å². The van der Waals surface area contributed by atoms with Crippen LogP contribution >= 0.6 is 11.3 Å². The molecule has 0 aromatic carbocycles. The summed E-state index contributed by atoms with van der Waals surface area (Å²) in [6.45, 7) is 5.12. The fourth-order valence-electron chi connectivity index (χ4n) is 1.01. The van der Waals surface area contributed by atoms with Gasteiger partial charge in [-0.1, -0.05) is 24.0 Å². The van der Waals surface area contributed by atoms with Gasteiger partial charge in [0, 0.05) is 0 Å². The monoisotopic (exact) mass is 255 g/mol. The number of anilines is 1. The second-order valence-electron chi connectivity index (χ2n) is 3.07. The summed E-state index contributed by atoms with van der Waals surface area (Å²) in [6.07, 6.45) is 1.48. The number of hydrogen-bond acceptors (Lipinski definition) is 6. The molecule has 0 saturated carbocycles. The van der Waals surface area contributed by atoms with E-state index < -0.39 is 5.97 Å². The lowest BCUT2D eigenvalue weighted by molar-refractivity contribution is -0.114. The van der Waals surface area contributed by atoms with Gasteiger partial charge in [0.05, 0.1) is 12.2 Å². The number of aryl methyl sites for hydroxylation is 1. The zero-order valence-electron chi connectivity index (χ0n) is 9.36. The fourth-order valence-corrected chi connectivity index (χ4v) is 1.89. The van der Waals surface area contributed by atoms with Crippen LogP contribution in [0, 0.1) is 6.92 Å². The van der Waals surface area contributed by atoms with Crippen molar-refractivity contribution in [3.05, 3.63) is 23.2 Å². The van der Waals surface area contributed by atoms with E-state index in [-0.39, 0.29) is 19.1 Å². The molecule has 1 heterocycles. The molecule has 0 aliphatic heterocycles. The van der Waals surface area contributed by atoms with Gasteiger partial charge < -0.3 is 15.8 Å². The molecule has 0 bridgehead atoms. The molecule has 92 valence electrons. The van der Waals surface area contributed by atoms with Crippen LogP contribution in [-0.4, -0.2) is 30.0 Å². The average Bonchev–Trinajstić information content (AvgIpc) is 2.67. The van der Waals surface area contributed by atoms with Crippen molar-refractivity contribution in [2.45, 2.75) is 6.92 Å². The number of ether oxygens (including phenoxy) is 1. The summed E-state index contributed by atoms with van der Waals surface area (Å²) in [6, 6.07) is 0. The minimum absolute atomic E-state index is 0.130. The van der Waals surface area contributed by atoms with Gasteiger partial charge in [0.15, 0.2) is 5.13 Å². The van der Waals surface area contributed by atoms with E-state index in [1.165, 1.54) is 6.08 Å². The molecule has 0 aliphatic rings. The van der Waals surface area contributed by atoms with Crippen molar-refractivity contribution in [3.63, 3.8) is 0 Å². The molecular formula is C10H13N3O3S. The minimum Gasteiger partial charge on any atom is -0.457 e. The van der Waals surface area contributed by atoms with Crippen molar-refractivity contribution >= 4 is 28.3 Å². The van der Waals surface area contributed by atoms with E-state index in [1.807, 2.05) is 0 Å². The number of thiazole rings is 1. The maximum Gasteiger partial charge on any atom is 0.350 e. The molecule has 0 atom stereocenters. The highest BCUT2D eigenvalue weighted by molar-refractivity contribution is 7.17. The molecule has 0 spiro atoms. The van der Waals surface area contributed by atoms with E-state index in [9.17, 15) is 9.59 Å². The first-order chi connectivity index (χ1) is 8.08. The first-order valence-electron chi connectivity index (χ1n) is 4.83. The van der Waals surface area contributed by atoms with Crippen LogP contribution in [0.3, 0.4) is 0 Å². The Morgan fingerprint density at radius 3 is 2.94 bits per heavy atom. The van der Waals surface area contributed by atoms with Gasteiger partial charge in [-0.25, -0.2) is 9.78 Å². The highest BCUT2D eigenvalue weighted by Gasteiger charge is 2.17. The second-order valence-corrected chi connectivity index (χ2v) is 4.07. The standard InChI is InChI=1S/C10H13N3O3S/c1-3-4-16-9(15)8-6(2)12-10(17-8)13-7(14)5-11/h3H,1,4-5,11H2,2H3,(H,12,13,14). The number of hydrogen-bond donors (Lipinski definition) is 2. The normalized spacial score (nSPS) is 9.76. The Labute approximate surface area is 102 Å². The van der Waals surface area contributed by atoms with Crippen molar-refractivity contribution in [2.75, 3.05) is 18.5 Å². The van der Waals surface area contributed by atoms with E-state index >= 15 is 0 Å². The van der Waals surface area contributed by atoms with Crippen LogP contribution in [0.25, 0.3) is 0 Å². The molecule has 0 unspecified atom stereocenters. The van der Waals surface area contributed by atoms with Crippen LogP contribution in [0.4, 0.5) is 5.13 Å². The zero-order chi connectivity index (χ0) is 12.8. The van der Waals surface area contributed by atoms with Gasteiger partial charge in [-0.2, -0.15) is 0 Å². The van der Waals surface area contributed by atoms with Gasteiger partial charge in [-0.3, -0.25) is 4.79 Å². The maximum atomic E-state index is 11.6. The molecule has 1 amide bonds. The Bertz CT molecular complexity index is 442. The minimum atomic E-state index is -0.479. The van der Waals surface area contributed by atoms with Crippen molar-refractivity contribution < 1.29 is 14.3 Å². The maximum absolute atomic E-state index is 11.6.